The number of hydrogen-bond acceptors (Lipinski definition) is 4. The molecule has 2 heterocycles. The first-order valence-corrected chi connectivity index (χ1v) is 9.51. The van der Waals surface area contributed by atoms with Crippen molar-refractivity contribution in [2.45, 2.75) is 25.5 Å². The molecule has 0 saturated carbocycles. The minimum Gasteiger partial charge on any atom is -0.508 e. The Morgan fingerprint density at radius 3 is 2.75 bits per heavy atom. The van der Waals surface area contributed by atoms with Gasteiger partial charge in [0, 0.05) is 17.6 Å². The molecule has 1 aliphatic rings. The van der Waals surface area contributed by atoms with E-state index in [1.807, 2.05) is 41.1 Å². The van der Waals surface area contributed by atoms with Gasteiger partial charge in [-0.3, -0.25) is 0 Å². The van der Waals surface area contributed by atoms with Gasteiger partial charge in [-0.2, -0.15) is 10.4 Å². The van der Waals surface area contributed by atoms with Crippen molar-refractivity contribution in [3.63, 3.8) is 0 Å². The lowest BCUT2D eigenvalue weighted by Crippen LogP contribution is -2.19. The van der Waals surface area contributed by atoms with Gasteiger partial charge in [0.2, 0.25) is 0 Å². The third-order valence-corrected chi connectivity index (χ3v) is 5.38. The first-order chi connectivity index (χ1) is 13.7. The predicted molar refractivity (Wildman–Crippen MR) is 108 cm³/mol. The van der Waals surface area contributed by atoms with Crippen molar-refractivity contribution in [1.29, 1.82) is 5.26 Å². The Kier molecular flexibility index (Phi) is 4.00. The summed E-state index contributed by atoms with van der Waals surface area (Å²) in [4.78, 5) is 0. The van der Waals surface area contributed by atoms with Gasteiger partial charge >= 0.3 is 0 Å². The zero-order valence-electron chi connectivity index (χ0n) is 15.3. The molecule has 3 aromatic carbocycles. The van der Waals surface area contributed by atoms with E-state index >= 15 is 0 Å². The van der Waals surface area contributed by atoms with E-state index < -0.39 is 0 Å². The molecule has 28 heavy (non-hydrogen) atoms. The van der Waals surface area contributed by atoms with E-state index in [0.717, 1.165) is 58.8 Å². The molecule has 0 radical (unpaired) electrons. The van der Waals surface area contributed by atoms with Gasteiger partial charge in [-0.05, 0) is 60.4 Å². The minimum atomic E-state index is -0.101. The minimum absolute atomic E-state index is 0.101. The molecule has 0 spiro atoms. The lowest BCUT2D eigenvalue weighted by molar-refractivity contribution is -0.0365. The summed E-state index contributed by atoms with van der Waals surface area (Å²) in [5.41, 5.74) is 3.27. The highest BCUT2D eigenvalue weighted by atomic mass is 16.5. The standard InChI is InChI=1S/C23H19N3O2/c24-14-18-4-3-5-20-22(18)23(25-26(20)21-6-1-2-11-28-21)17-8-7-16-13-19(27)10-9-15(16)12-17/h3-5,7-10,12-13,21,27H,1-2,6,11H2. The van der Waals surface area contributed by atoms with E-state index in [2.05, 4.69) is 12.1 Å². The summed E-state index contributed by atoms with van der Waals surface area (Å²) in [6, 6.07) is 19.4. The summed E-state index contributed by atoms with van der Waals surface area (Å²) in [6.07, 6.45) is 3.00. The van der Waals surface area contributed by atoms with Crippen LogP contribution in [0.25, 0.3) is 32.9 Å². The van der Waals surface area contributed by atoms with Gasteiger partial charge in [0.1, 0.15) is 11.4 Å². The maximum Gasteiger partial charge on any atom is 0.150 e. The number of fused-ring (bicyclic) bond motifs is 2. The third kappa shape index (κ3) is 2.70. The maximum atomic E-state index is 9.71. The quantitative estimate of drug-likeness (QED) is 0.531. The molecule has 1 aromatic heterocycles. The zero-order valence-corrected chi connectivity index (χ0v) is 15.3. The van der Waals surface area contributed by atoms with E-state index in [4.69, 9.17) is 9.84 Å². The molecular weight excluding hydrogens is 350 g/mol. The molecule has 138 valence electrons. The SMILES string of the molecule is N#Cc1cccc2c1c(-c1ccc3cc(O)ccc3c1)nn2C1CCCCO1. The normalized spacial score (nSPS) is 17.0. The zero-order chi connectivity index (χ0) is 19.1. The molecule has 0 bridgehead atoms. The first kappa shape index (κ1) is 16.8. The van der Waals surface area contributed by atoms with Crippen LogP contribution in [-0.2, 0) is 4.74 Å². The van der Waals surface area contributed by atoms with Crippen molar-refractivity contribution in [1.82, 2.24) is 9.78 Å². The smallest absolute Gasteiger partial charge is 0.150 e. The molecule has 0 amide bonds. The number of aromatic nitrogens is 2. The second kappa shape index (κ2) is 6.66. The van der Waals surface area contributed by atoms with Crippen LogP contribution in [0, 0.1) is 11.3 Å². The molecule has 1 saturated heterocycles. The van der Waals surface area contributed by atoms with Gasteiger partial charge in [-0.1, -0.05) is 24.3 Å². The van der Waals surface area contributed by atoms with Crippen molar-refractivity contribution in [3.05, 3.63) is 60.2 Å². The fourth-order valence-electron chi connectivity index (χ4n) is 4.00. The molecule has 1 unspecified atom stereocenters. The molecule has 0 aliphatic carbocycles. The molecule has 1 atom stereocenters. The van der Waals surface area contributed by atoms with Crippen molar-refractivity contribution in [2.24, 2.45) is 0 Å². The van der Waals surface area contributed by atoms with Crippen molar-refractivity contribution in [2.75, 3.05) is 6.61 Å². The highest BCUT2D eigenvalue weighted by molar-refractivity contribution is 5.99. The summed E-state index contributed by atoms with van der Waals surface area (Å²) in [5.74, 6) is 0.246. The monoisotopic (exact) mass is 369 g/mol. The van der Waals surface area contributed by atoms with Gasteiger partial charge in [-0.25, -0.2) is 4.68 Å². The average molecular weight is 369 g/mol. The molecule has 1 fully saturated rings. The van der Waals surface area contributed by atoms with Crippen LogP contribution < -0.4 is 0 Å². The number of nitriles is 1. The van der Waals surface area contributed by atoms with Gasteiger partial charge in [-0.15, -0.1) is 0 Å². The highest BCUT2D eigenvalue weighted by Gasteiger charge is 2.23. The van der Waals surface area contributed by atoms with Gasteiger partial charge in [0.25, 0.3) is 0 Å². The van der Waals surface area contributed by atoms with Crippen molar-refractivity contribution >= 4 is 21.7 Å². The van der Waals surface area contributed by atoms with Crippen molar-refractivity contribution < 1.29 is 9.84 Å². The summed E-state index contributed by atoms with van der Waals surface area (Å²) in [5, 5.41) is 27.1. The molecule has 4 aromatic rings. The van der Waals surface area contributed by atoms with Crippen LogP contribution in [-0.4, -0.2) is 21.5 Å². The fourth-order valence-corrected chi connectivity index (χ4v) is 4.00. The largest absolute Gasteiger partial charge is 0.508 e. The van der Waals surface area contributed by atoms with Crippen LogP contribution >= 0.6 is 0 Å². The lowest BCUT2D eigenvalue weighted by atomic mass is 10.0. The van der Waals surface area contributed by atoms with Crippen LogP contribution in [0.2, 0.25) is 0 Å². The number of phenolic OH excluding ortho intramolecular Hbond substituents is 1. The van der Waals surface area contributed by atoms with E-state index in [1.165, 1.54) is 0 Å². The second-order valence-corrected chi connectivity index (χ2v) is 7.17. The van der Waals surface area contributed by atoms with E-state index in [-0.39, 0.29) is 12.0 Å². The fraction of sp³-hybridized carbons (Fsp3) is 0.217. The Labute approximate surface area is 162 Å². The summed E-state index contributed by atoms with van der Waals surface area (Å²) in [7, 11) is 0. The second-order valence-electron chi connectivity index (χ2n) is 7.17. The van der Waals surface area contributed by atoms with Crippen LogP contribution in [0.3, 0.4) is 0 Å². The number of ether oxygens (including phenoxy) is 1. The Morgan fingerprint density at radius 2 is 1.93 bits per heavy atom. The van der Waals surface area contributed by atoms with E-state index in [1.54, 1.807) is 12.1 Å². The number of hydrogen-bond donors (Lipinski definition) is 1. The van der Waals surface area contributed by atoms with E-state index in [0.29, 0.717) is 5.56 Å². The predicted octanol–water partition coefficient (Wildman–Crippen LogP) is 5.13. The molecular formula is C23H19N3O2. The maximum absolute atomic E-state index is 9.71. The molecule has 5 rings (SSSR count). The van der Waals surface area contributed by atoms with Gasteiger partial charge < -0.3 is 9.84 Å². The van der Waals surface area contributed by atoms with E-state index in [9.17, 15) is 10.4 Å². The molecule has 5 heteroatoms. The Hall–Kier alpha value is -3.36. The van der Waals surface area contributed by atoms with Gasteiger partial charge in [0.05, 0.1) is 17.1 Å². The average Bonchev–Trinajstić information content (AvgIpc) is 3.14. The number of nitrogens with zero attached hydrogens (tertiary/aromatic N) is 3. The number of phenols is 1. The molecule has 5 nitrogen and oxygen atoms in total. The number of aromatic hydroxyl groups is 1. The summed E-state index contributed by atoms with van der Waals surface area (Å²) in [6.45, 7) is 0.735. The lowest BCUT2D eigenvalue weighted by Gasteiger charge is -2.23. The third-order valence-electron chi connectivity index (χ3n) is 5.38. The van der Waals surface area contributed by atoms with Gasteiger partial charge in [0.15, 0.2) is 6.23 Å². The van der Waals surface area contributed by atoms with Crippen LogP contribution in [0.4, 0.5) is 0 Å². The molecule has 1 aliphatic heterocycles. The topological polar surface area (TPSA) is 71.1 Å². The highest BCUT2D eigenvalue weighted by Crippen LogP contribution is 2.36. The first-order valence-electron chi connectivity index (χ1n) is 9.51. The number of benzene rings is 3. The summed E-state index contributed by atoms with van der Waals surface area (Å²) >= 11 is 0. The molecule has 1 N–H and O–H groups in total. The summed E-state index contributed by atoms with van der Waals surface area (Å²) < 4.78 is 7.90. The Balaban J connectivity index is 1.74. The Morgan fingerprint density at radius 1 is 1.07 bits per heavy atom. The van der Waals surface area contributed by atoms with Crippen LogP contribution in [0.5, 0.6) is 5.75 Å². The van der Waals surface area contributed by atoms with Crippen LogP contribution in [0.1, 0.15) is 31.1 Å². The van der Waals surface area contributed by atoms with Crippen LogP contribution in [0.15, 0.2) is 54.6 Å². The number of rotatable bonds is 2. The van der Waals surface area contributed by atoms with Crippen molar-refractivity contribution in [3.8, 4) is 23.1 Å². The Bertz CT molecular complexity index is 1230.